The van der Waals surface area contributed by atoms with Crippen molar-refractivity contribution in [1.29, 1.82) is 0 Å². The zero-order valence-electron chi connectivity index (χ0n) is 10.9. The van der Waals surface area contributed by atoms with E-state index in [1.807, 2.05) is 0 Å². The van der Waals surface area contributed by atoms with Gasteiger partial charge < -0.3 is 15.8 Å². The highest BCUT2D eigenvalue weighted by molar-refractivity contribution is 6.41. The Morgan fingerprint density at radius 2 is 2.00 bits per heavy atom. The summed E-state index contributed by atoms with van der Waals surface area (Å²) < 4.78 is 4.66. The third kappa shape index (κ3) is 3.89. The summed E-state index contributed by atoms with van der Waals surface area (Å²) >= 11 is 0. The van der Waals surface area contributed by atoms with Crippen molar-refractivity contribution in [3.05, 3.63) is 29.3 Å². The average Bonchev–Trinajstić information content (AvgIpc) is 2.37. The van der Waals surface area contributed by atoms with E-state index in [4.69, 9.17) is 5.73 Å². The van der Waals surface area contributed by atoms with Crippen molar-refractivity contribution < 1.29 is 19.1 Å². The van der Waals surface area contributed by atoms with Gasteiger partial charge in [0.2, 0.25) is 5.91 Å². The van der Waals surface area contributed by atoms with Gasteiger partial charge in [-0.25, -0.2) is 4.79 Å². The van der Waals surface area contributed by atoms with Gasteiger partial charge in [0, 0.05) is 24.7 Å². The third-order valence-electron chi connectivity index (χ3n) is 2.36. The Labute approximate surface area is 110 Å². The molecular formula is C13H16N2O4. The molecule has 0 bridgehead atoms. The van der Waals surface area contributed by atoms with Crippen LogP contribution in [-0.4, -0.2) is 24.3 Å². The van der Waals surface area contributed by atoms with E-state index in [-0.39, 0.29) is 24.6 Å². The van der Waals surface area contributed by atoms with Gasteiger partial charge in [0.15, 0.2) is 0 Å². The van der Waals surface area contributed by atoms with Crippen molar-refractivity contribution in [3.63, 3.8) is 0 Å². The number of rotatable bonds is 5. The highest BCUT2D eigenvalue weighted by Crippen LogP contribution is 2.17. The van der Waals surface area contributed by atoms with Gasteiger partial charge in [0.05, 0.1) is 6.61 Å². The van der Waals surface area contributed by atoms with Crippen molar-refractivity contribution in [3.8, 4) is 0 Å². The number of nitrogens with one attached hydrogen (secondary N) is 1. The van der Waals surface area contributed by atoms with Gasteiger partial charge in [0.25, 0.3) is 5.78 Å². The highest BCUT2D eigenvalue weighted by Gasteiger charge is 2.20. The molecule has 3 N–H and O–H groups in total. The zero-order chi connectivity index (χ0) is 14.4. The van der Waals surface area contributed by atoms with Crippen LogP contribution in [-0.2, 0) is 20.9 Å². The predicted molar refractivity (Wildman–Crippen MR) is 69.6 cm³/mol. The molecule has 0 radical (unpaired) electrons. The Kier molecular flexibility index (Phi) is 5.20. The number of benzene rings is 1. The first-order chi connectivity index (χ1) is 8.99. The van der Waals surface area contributed by atoms with E-state index < -0.39 is 11.8 Å². The summed E-state index contributed by atoms with van der Waals surface area (Å²) in [7, 11) is 0. The number of hydrogen-bond acceptors (Lipinski definition) is 5. The molecule has 19 heavy (non-hydrogen) atoms. The van der Waals surface area contributed by atoms with Crippen LogP contribution in [0.5, 0.6) is 0 Å². The molecule has 0 heterocycles. The maximum Gasteiger partial charge on any atom is 0.379 e. The lowest BCUT2D eigenvalue weighted by molar-refractivity contribution is -0.137. The summed E-state index contributed by atoms with van der Waals surface area (Å²) in [4.78, 5) is 34.3. The molecule has 0 saturated heterocycles. The van der Waals surface area contributed by atoms with E-state index in [0.717, 1.165) is 0 Å². The van der Waals surface area contributed by atoms with Crippen LogP contribution in [0.2, 0.25) is 0 Å². The van der Waals surface area contributed by atoms with Crippen molar-refractivity contribution in [2.24, 2.45) is 5.73 Å². The smallest absolute Gasteiger partial charge is 0.379 e. The van der Waals surface area contributed by atoms with Crippen LogP contribution in [0.15, 0.2) is 18.2 Å². The zero-order valence-corrected chi connectivity index (χ0v) is 10.9. The second-order valence-electron chi connectivity index (χ2n) is 3.81. The lowest BCUT2D eigenvalue weighted by Crippen LogP contribution is -2.20. The molecule has 0 saturated carbocycles. The fraction of sp³-hybridized carbons (Fsp3) is 0.308. The molecule has 1 aromatic rings. The van der Waals surface area contributed by atoms with Gasteiger partial charge in [-0.05, 0) is 24.6 Å². The molecule has 0 fully saturated rings. The fourth-order valence-corrected chi connectivity index (χ4v) is 1.55. The Bertz CT molecular complexity index is 511. The summed E-state index contributed by atoms with van der Waals surface area (Å²) in [6, 6.07) is 4.63. The molecule has 0 atom stereocenters. The number of hydrogen-bond donors (Lipinski definition) is 2. The maximum atomic E-state index is 11.9. The van der Waals surface area contributed by atoms with Crippen LogP contribution in [0.4, 0.5) is 5.69 Å². The van der Waals surface area contributed by atoms with Gasteiger partial charge in [-0.3, -0.25) is 9.59 Å². The number of anilines is 1. The van der Waals surface area contributed by atoms with Crippen LogP contribution in [0.25, 0.3) is 0 Å². The normalized spacial score (nSPS) is 9.84. The van der Waals surface area contributed by atoms with Crippen molar-refractivity contribution in [2.45, 2.75) is 20.4 Å². The summed E-state index contributed by atoms with van der Waals surface area (Å²) in [6.45, 7) is 3.20. The van der Waals surface area contributed by atoms with Gasteiger partial charge in [-0.2, -0.15) is 0 Å². The maximum absolute atomic E-state index is 11.9. The number of ether oxygens (including phenoxy) is 1. The second-order valence-corrected chi connectivity index (χ2v) is 3.81. The Morgan fingerprint density at radius 3 is 2.53 bits per heavy atom. The van der Waals surface area contributed by atoms with E-state index in [2.05, 4.69) is 10.1 Å². The average molecular weight is 264 g/mol. The number of nitrogens with two attached hydrogens (primary N) is 1. The SMILES string of the molecule is CCOC(=O)C(=O)c1cc(NC(C)=O)ccc1CN. The van der Waals surface area contributed by atoms with Crippen molar-refractivity contribution in [2.75, 3.05) is 11.9 Å². The van der Waals surface area contributed by atoms with Gasteiger partial charge in [-0.15, -0.1) is 0 Å². The highest BCUT2D eigenvalue weighted by atomic mass is 16.5. The van der Waals surface area contributed by atoms with E-state index in [0.29, 0.717) is 11.3 Å². The Balaban J connectivity index is 3.11. The summed E-state index contributed by atoms with van der Waals surface area (Å²) in [5.41, 5.74) is 6.62. The van der Waals surface area contributed by atoms with E-state index >= 15 is 0 Å². The largest absolute Gasteiger partial charge is 0.460 e. The number of esters is 1. The number of carbonyl (C=O) groups is 3. The number of amides is 1. The minimum Gasteiger partial charge on any atom is -0.460 e. The van der Waals surface area contributed by atoms with Crippen LogP contribution in [0.1, 0.15) is 29.8 Å². The van der Waals surface area contributed by atoms with Crippen molar-refractivity contribution >= 4 is 23.3 Å². The predicted octanol–water partition coefficient (Wildman–Crippen LogP) is 0.850. The molecule has 1 amide bonds. The molecule has 1 rings (SSSR count). The molecule has 102 valence electrons. The minimum absolute atomic E-state index is 0.112. The third-order valence-corrected chi connectivity index (χ3v) is 2.36. The minimum atomic E-state index is -0.933. The standard InChI is InChI=1S/C13H16N2O4/c1-3-19-13(18)12(17)11-6-10(15-8(2)16)5-4-9(11)7-14/h4-6H,3,7,14H2,1-2H3,(H,15,16). The lowest BCUT2D eigenvalue weighted by Gasteiger charge is -2.09. The van der Waals surface area contributed by atoms with Gasteiger partial charge in [-0.1, -0.05) is 6.07 Å². The van der Waals surface area contributed by atoms with Crippen LogP contribution < -0.4 is 11.1 Å². The molecule has 0 aliphatic rings. The molecular weight excluding hydrogens is 248 g/mol. The van der Waals surface area contributed by atoms with Crippen LogP contribution >= 0.6 is 0 Å². The molecule has 0 unspecified atom stereocenters. The monoisotopic (exact) mass is 264 g/mol. The molecule has 0 aromatic heterocycles. The second kappa shape index (κ2) is 6.65. The molecule has 0 spiro atoms. The molecule has 6 nitrogen and oxygen atoms in total. The lowest BCUT2D eigenvalue weighted by atomic mass is 10.0. The van der Waals surface area contributed by atoms with E-state index in [1.54, 1.807) is 19.1 Å². The summed E-state index contributed by atoms with van der Waals surface area (Å²) in [5.74, 6) is -1.97. The first-order valence-electron chi connectivity index (χ1n) is 5.81. The fourth-order valence-electron chi connectivity index (χ4n) is 1.55. The molecule has 0 aliphatic carbocycles. The summed E-state index contributed by atoms with van der Waals surface area (Å²) in [5, 5.41) is 2.54. The topological polar surface area (TPSA) is 98.5 Å². The molecule has 1 aromatic carbocycles. The quantitative estimate of drug-likeness (QED) is 0.466. The first-order valence-corrected chi connectivity index (χ1v) is 5.81. The van der Waals surface area contributed by atoms with Crippen molar-refractivity contribution in [1.82, 2.24) is 0 Å². The number of carbonyl (C=O) groups excluding carboxylic acids is 3. The molecule has 0 aliphatic heterocycles. The van der Waals surface area contributed by atoms with E-state index in [9.17, 15) is 14.4 Å². The number of Topliss-reactive ketones (excluding diaryl/α,β-unsaturated/α-hetero) is 1. The summed E-state index contributed by atoms with van der Waals surface area (Å²) in [6.07, 6.45) is 0. The number of ketones is 1. The van der Waals surface area contributed by atoms with E-state index in [1.165, 1.54) is 13.0 Å². The van der Waals surface area contributed by atoms with Crippen LogP contribution in [0, 0.1) is 0 Å². The first kappa shape index (κ1) is 14.8. The van der Waals surface area contributed by atoms with Gasteiger partial charge >= 0.3 is 5.97 Å². The van der Waals surface area contributed by atoms with Crippen LogP contribution in [0.3, 0.4) is 0 Å². The Hall–Kier alpha value is -2.21. The van der Waals surface area contributed by atoms with Gasteiger partial charge in [0.1, 0.15) is 0 Å². The molecule has 6 heteroatoms. The Morgan fingerprint density at radius 1 is 1.32 bits per heavy atom.